The number of nitrogens with zero attached hydrogens (tertiary/aromatic N) is 3. The molecule has 0 saturated carbocycles. The minimum atomic E-state index is -0.456. The number of imide groups is 1. The second kappa shape index (κ2) is 4.66. The molecule has 0 radical (unpaired) electrons. The molecule has 3 aliphatic rings. The predicted molar refractivity (Wildman–Crippen MR) is 90.1 cm³/mol. The van der Waals surface area contributed by atoms with Crippen molar-refractivity contribution in [2.75, 3.05) is 4.90 Å². The lowest BCUT2D eigenvalue weighted by Crippen LogP contribution is -2.38. The van der Waals surface area contributed by atoms with Gasteiger partial charge in [-0.05, 0) is 18.6 Å². The van der Waals surface area contributed by atoms with Gasteiger partial charge >= 0.3 is 6.03 Å². The average molecular weight is 335 g/mol. The number of hydrogen-bond donors (Lipinski definition) is 0. The third-order valence-corrected chi connectivity index (χ3v) is 5.36. The largest absolute Gasteiger partial charge is 0.332 e. The van der Waals surface area contributed by atoms with Gasteiger partial charge in [0.1, 0.15) is 6.04 Å². The summed E-state index contributed by atoms with van der Waals surface area (Å²) in [6, 6.07) is 8.82. The van der Waals surface area contributed by atoms with Crippen LogP contribution in [0, 0.1) is 16.0 Å². The number of rotatable bonds is 2. The number of nitro benzene ring substituents is 1. The van der Waals surface area contributed by atoms with Crippen LogP contribution >= 0.6 is 0 Å². The van der Waals surface area contributed by atoms with E-state index in [4.69, 9.17) is 0 Å². The van der Waals surface area contributed by atoms with Gasteiger partial charge in [-0.25, -0.2) is 9.69 Å². The number of benzene rings is 2. The Hall–Kier alpha value is -3.22. The van der Waals surface area contributed by atoms with Crippen LogP contribution in [0.25, 0.3) is 10.8 Å². The first kappa shape index (κ1) is 14.2. The standard InChI is InChI=1S/C18H13N3O4/c22-17-16-10-5-6-11(9-10)19(16)18(23)20(17)14-7-8-15(21(24)25)13-4-2-1-3-12(13)14/h1-8,10-11,16H,9H2/t10-,11+,16+/m1/s1. The molecule has 1 aliphatic carbocycles. The number of carbonyl (C=O) groups excluding carboxylic acids is 2. The van der Waals surface area contributed by atoms with E-state index in [2.05, 4.69) is 0 Å². The molecule has 2 bridgehead atoms. The lowest BCUT2D eigenvalue weighted by atomic mass is 10.0. The summed E-state index contributed by atoms with van der Waals surface area (Å²) in [5.41, 5.74) is 0.366. The maximum atomic E-state index is 12.9. The van der Waals surface area contributed by atoms with Crippen LogP contribution in [-0.4, -0.2) is 33.8 Å². The lowest BCUT2D eigenvalue weighted by molar-refractivity contribution is -0.383. The minimum Gasteiger partial charge on any atom is -0.305 e. The summed E-state index contributed by atoms with van der Waals surface area (Å²) < 4.78 is 0. The molecular formula is C18H13N3O4. The molecule has 25 heavy (non-hydrogen) atoms. The van der Waals surface area contributed by atoms with Crippen LogP contribution in [0.5, 0.6) is 0 Å². The molecule has 0 unspecified atom stereocenters. The van der Waals surface area contributed by atoms with E-state index in [1.165, 1.54) is 17.0 Å². The summed E-state index contributed by atoms with van der Waals surface area (Å²) in [7, 11) is 0. The van der Waals surface area contributed by atoms with Crippen LogP contribution < -0.4 is 4.90 Å². The zero-order valence-electron chi connectivity index (χ0n) is 13.0. The molecule has 7 heteroatoms. The Kier molecular flexibility index (Phi) is 2.64. The van der Waals surface area contributed by atoms with Crippen LogP contribution in [-0.2, 0) is 4.79 Å². The van der Waals surface area contributed by atoms with E-state index in [0.29, 0.717) is 16.5 Å². The highest BCUT2D eigenvalue weighted by atomic mass is 16.6. The molecule has 2 saturated heterocycles. The van der Waals surface area contributed by atoms with Gasteiger partial charge in [0.15, 0.2) is 0 Å². The molecule has 124 valence electrons. The molecule has 0 N–H and O–H groups in total. The molecule has 0 aromatic heterocycles. The van der Waals surface area contributed by atoms with Gasteiger partial charge in [-0.2, -0.15) is 0 Å². The Morgan fingerprint density at radius 1 is 1.04 bits per heavy atom. The van der Waals surface area contributed by atoms with E-state index in [-0.39, 0.29) is 29.6 Å². The quantitative estimate of drug-likeness (QED) is 0.366. The number of carbonyl (C=O) groups is 2. The predicted octanol–water partition coefficient (Wildman–Crippen LogP) is 2.84. The second-order valence-electron chi connectivity index (χ2n) is 6.57. The zero-order valence-corrected chi connectivity index (χ0v) is 13.0. The normalized spacial score (nSPS) is 26.8. The Morgan fingerprint density at radius 2 is 1.80 bits per heavy atom. The van der Waals surface area contributed by atoms with E-state index in [1.54, 1.807) is 29.2 Å². The maximum Gasteiger partial charge on any atom is 0.332 e. The Balaban J connectivity index is 1.68. The lowest BCUT2D eigenvalue weighted by Gasteiger charge is -2.22. The Bertz CT molecular complexity index is 969. The highest BCUT2D eigenvalue weighted by molar-refractivity contribution is 6.25. The fourth-order valence-electron chi connectivity index (χ4n) is 4.31. The number of nitro groups is 1. The molecule has 0 spiro atoms. The number of urea groups is 1. The summed E-state index contributed by atoms with van der Waals surface area (Å²) in [6.45, 7) is 0. The van der Waals surface area contributed by atoms with Crippen molar-refractivity contribution in [2.24, 2.45) is 5.92 Å². The number of amides is 3. The molecule has 3 amide bonds. The summed E-state index contributed by atoms with van der Waals surface area (Å²) in [4.78, 5) is 39.5. The summed E-state index contributed by atoms with van der Waals surface area (Å²) in [6.07, 6.45) is 4.79. The van der Waals surface area contributed by atoms with Gasteiger partial charge in [-0.15, -0.1) is 0 Å². The van der Waals surface area contributed by atoms with Crippen molar-refractivity contribution in [3.05, 3.63) is 58.7 Å². The van der Waals surface area contributed by atoms with Crippen molar-refractivity contribution in [1.82, 2.24) is 4.90 Å². The van der Waals surface area contributed by atoms with Crippen molar-refractivity contribution in [3.63, 3.8) is 0 Å². The highest BCUT2D eigenvalue weighted by Crippen LogP contribution is 2.45. The number of anilines is 1. The van der Waals surface area contributed by atoms with Crippen molar-refractivity contribution < 1.29 is 14.5 Å². The minimum absolute atomic E-state index is 0.0271. The van der Waals surface area contributed by atoms with Gasteiger partial charge in [-0.3, -0.25) is 14.9 Å². The maximum absolute atomic E-state index is 12.9. The number of hydrogen-bond acceptors (Lipinski definition) is 4. The monoisotopic (exact) mass is 335 g/mol. The van der Waals surface area contributed by atoms with Crippen LogP contribution in [0.15, 0.2) is 48.6 Å². The van der Waals surface area contributed by atoms with Crippen LogP contribution in [0.4, 0.5) is 16.2 Å². The molecule has 7 nitrogen and oxygen atoms in total. The SMILES string of the molecule is O=C1[C@@H]2[C@@H]3C=C[C@@H](C3)N2C(=O)N1c1ccc([N+](=O)[O-])c2ccccc12. The van der Waals surface area contributed by atoms with Crippen molar-refractivity contribution in [2.45, 2.75) is 18.5 Å². The van der Waals surface area contributed by atoms with Gasteiger partial charge in [0, 0.05) is 17.4 Å². The molecule has 2 heterocycles. The van der Waals surface area contributed by atoms with Gasteiger partial charge < -0.3 is 4.90 Å². The van der Waals surface area contributed by atoms with Crippen molar-refractivity contribution in [3.8, 4) is 0 Å². The topological polar surface area (TPSA) is 83.8 Å². The van der Waals surface area contributed by atoms with E-state index >= 15 is 0 Å². The van der Waals surface area contributed by atoms with Gasteiger partial charge in [0.25, 0.3) is 11.6 Å². The second-order valence-corrected chi connectivity index (χ2v) is 6.57. The van der Waals surface area contributed by atoms with Gasteiger partial charge in [0.05, 0.1) is 22.0 Å². The molecular weight excluding hydrogens is 322 g/mol. The molecule has 2 fully saturated rings. The van der Waals surface area contributed by atoms with Gasteiger partial charge in [-0.1, -0.05) is 30.4 Å². The molecule has 2 aromatic rings. The van der Waals surface area contributed by atoms with Crippen LogP contribution in [0.3, 0.4) is 0 Å². The summed E-state index contributed by atoms with van der Waals surface area (Å²) in [5.74, 6) is -0.184. The Morgan fingerprint density at radius 3 is 2.52 bits per heavy atom. The fourth-order valence-corrected chi connectivity index (χ4v) is 4.31. The van der Waals surface area contributed by atoms with E-state index in [0.717, 1.165) is 6.42 Å². The Labute approximate surface area is 142 Å². The third kappa shape index (κ3) is 1.69. The summed E-state index contributed by atoms with van der Waals surface area (Å²) >= 11 is 0. The fraction of sp³-hybridized carbons (Fsp3) is 0.222. The molecule has 2 aliphatic heterocycles. The van der Waals surface area contributed by atoms with Gasteiger partial charge in [0.2, 0.25) is 0 Å². The van der Waals surface area contributed by atoms with Crippen LogP contribution in [0.2, 0.25) is 0 Å². The molecule has 2 aromatic carbocycles. The van der Waals surface area contributed by atoms with Crippen LogP contribution in [0.1, 0.15) is 6.42 Å². The molecule has 5 rings (SSSR count). The first-order chi connectivity index (χ1) is 12.1. The first-order valence-corrected chi connectivity index (χ1v) is 8.08. The van der Waals surface area contributed by atoms with Crippen molar-refractivity contribution >= 4 is 34.1 Å². The highest BCUT2D eigenvalue weighted by Gasteiger charge is 2.57. The molecule has 3 atom stereocenters. The first-order valence-electron chi connectivity index (χ1n) is 8.08. The average Bonchev–Trinajstić information content (AvgIpc) is 3.28. The van der Waals surface area contributed by atoms with E-state index < -0.39 is 11.0 Å². The van der Waals surface area contributed by atoms with Crippen molar-refractivity contribution in [1.29, 1.82) is 0 Å². The number of non-ortho nitro benzene ring substituents is 1. The summed E-state index contributed by atoms with van der Waals surface area (Å²) in [5, 5.41) is 12.2. The third-order valence-electron chi connectivity index (χ3n) is 5.36. The van der Waals surface area contributed by atoms with E-state index in [1.807, 2.05) is 12.2 Å². The zero-order chi connectivity index (χ0) is 17.3. The number of fused-ring (bicyclic) bond motifs is 6. The smallest absolute Gasteiger partial charge is 0.305 e. The van der Waals surface area contributed by atoms with E-state index in [9.17, 15) is 19.7 Å².